The van der Waals surface area contributed by atoms with Crippen molar-refractivity contribution >= 4 is 5.82 Å². The van der Waals surface area contributed by atoms with E-state index in [9.17, 15) is 4.79 Å². The lowest BCUT2D eigenvalue weighted by Crippen LogP contribution is -2.31. The predicted molar refractivity (Wildman–Crippen MR) is 94.1 cm³/mol. The Labute approximate surface area is 141 Å². The highest BCUT2D eigenvalue weighted by molar-refractivity contribution is 5.56. The summed E-state index contributed by atoms with van der Waals surface area (Å²) in [4.78, 5) is 23.4. The second-order valence-electron chi connectivity index (χ2n) is 6.24. The number of methoxy groups -OCH3 is 1. The lowest BCUT2D eigenvalue weighted by atomic mass is 9.93. The van der Waals surface area contributed by atoms with Crippen LogP contribution in [-0.2, 0) is 11.2 Å². The average Bonchev–Trinajstić information content (AvgIpc) is 2.62. The molecular formula is C18H24N4O2. The minimum Gasteiger partial charge on any atom is -0.381 e. The number of aromatic amines is 1. The van der Waals surface area contributed by atoms with Gasteiger partial charge in [-0.25, -0.2) is 9.97 Å². The third-order valence-corrected chi connectivity index (χ3v) is 4.51. The van der Waals surface area contributed by atoms with Gasteiger partial charge in [0.1, 0.15) is 11.6 Å². The van der Waals surface area contributed by atoms with Crippen LogP contribution in [0.25, 0.3) is 11.4 Å². The largest absolute Gasteiger partial charge is 0.381 e. The van der Waals surface area contributed by atoms with Crippen molar-refractivity contribution in [3.63, 3.8) is 0 Å². The summed E-state index contributed by atoms with van der Waals surface area (Å²) in [7, 11) is 1.78. The average molecular weight is 328 g/mol. The van der Waals surface area contributed by atoms with Gasteiger partial charge in [0.05, 0.1) is 6.10 Å². The van der Waals surface area contributed by atoms with E-state index < -0.39 is 0 Å². The van der Waals surface area contributed by atoms with Crippen LogP contribution in [0.2, 0.25) is 0 Å². The SMILES string of the molecule is CCc1cc(=O)[nH]c(-c2ccc(NC3CCCC(OC)C3)nc2)n1. The molecule has 6 nitrogen and oxygen atoms in total. The molecule has 2 aromatic rings. The Morgan fingerprint density at radius 3 is 2.96 bits per heavy atom. The highest BCUT2D eigenvalue weighted by atomic mass is 16.5. The topological polar surface area (TPSA) is 79.9 Å². The number of hydrogen-bond donors (Lipinski definition) is 2. The van der Waals surface area contributed by atoms with Crippen LogP contribution in [0.1, 0.15) is 38.3 Å². The Morgan fingerprint density at radius 1 is 1.38 bits per heavy atom. The van der Waals surface area contributed by atoms with Gasteiger partial charge in [0, 0.05) is 36.7 Å². The molecule has 2 unspecified atom stereocenters. The first-order valence-electron chi connectivity index (χ1n) is 8.54. The van der Waals surface area contributed by atoms with Gasteiger partial charge in [0.15, 0.2) is 0 Å². The number of rotatable bonds is 5. The Morgan fingerprint density at radius 2 is 2.25 bits per heavy atom. The molecule has 0 saturated heterocycles. The molecule has 3 rings (SSSR count). The van der Waals surface area contributed by atoms with E-state index in [1.807, 2.05) is 19.1 Å². The maximum absolute atomic E-state index is 11.7. The normalized spacial score (nSPS) is 20.8. The van der Waals surface area contributed by atoms with Crippen molar-refractivity contribution < 1.29 is 4.74 Å². The zero-order chi connectivity index (χ0) is 16.9. The fourth-order valence-electron chi connectivity index (χ4n) is 3.14. The van der Waals surface area contributed by atoms with E-state index in [1.165, 1.54) is 12.5 Å². The molecule has 0 amide bonds. The number of nitrogens with zero attached hydrogens (tertiary/aromatic N) is 2. The molecule has 1 saturated carbocycles. The number of hydrogen-bond acceptors (Lipinski definition) is 5. The van der Waals surface area contributed by atoms with Crippen LogP contribution in [0.4, 0.5) is 5.82 Å². The van der Waals surface area contributed by atoms with Gasteiger partial charge in [0.25, 0.3) is 5.56 Å². The fourth-order valence-corrected chi connectivity index (χ4v) is 3.14. The molecule has 2 heterocycles. The van der Waals surface area contributed by atoms with E-state index in [0.29, 0.717) is 18.0 Å². The summed E-state index contributed by atoms with van der Waals surface area (Å²) in [5.41, 5.74) is 1.46. The number of nitrogens with one attached hydrogen (secondary N) is 2. The zero-order valence-corrected chi connectivity index (χ0v) is 14.2. The Kier molecular flexibility index (Phi) is 5.25. The smallest absolute Gasteiger partial charge is 0.251 e. The van der Waals surface area contributed by atoms with Crippen molar-refractivity contribution in [2.24, 2.45) is 0 Å². The molecule has 6 heteroatoms. The van der Waals surface area contributed by atoms with Crippen LogP contribution in [0, 0.1) is 0 Å². The van der Waals surface area contributed by atoms with Crippen LogP contribution in [0.15, 0.2) is 29.2 Å². The van der Waals surface area contributed by atoms with E-state index in [1.54, 1.807) is 13.3 Å². The molecule has 0 aliphatic heterocycles. The van der Waals surface area contributed by atoms with E-state index in [0.717, 1.165) is 42.8 Å². The van der Waals surface area contributed by atoms with Crippen molar-refractivity contribution in [3.05, 3.63) is 40.4 Å². The first-order chi connectivity index (χ1) is 11.7. The van der Waals surface area contributed by atoms with Crippen LogP contribution in [0.3, 0.4) is 0 Å². The summed E-state index contributed by atoms with van der Waals surface area (Å²) in [6, 6.07) is 5.79. The summed E-state index contributed by atoms with van der Waals surface area (Å²) < 4.78 is 5.47. The zero-order valence-electron chi connectivity index (χ0n) is 14.2. The summed E-state index contributed by atoms with van der Waals surface area (Å²) in [6.07, 6.45) is 7.26. The van der Waals surface area contributed by atoms with E-state index >= 15 is 0 Å². The van der Waals surface area contributed by atoms with Crippen LogP contribution < -0.4 is 10.9 Å². The van der Waals surface area contributed by atoms with Crippen molar-refractivity contribution in [2.45, 2.75) is 51.2 Å². The molecule has 2 atom stereocenters. The van der Waals surface area contributed by atoms with Crippen LogP contribution in [-0.4, -0.2) is 34.2 Å². The van der Waals surface area contributed by atoms with E-state index in [-0.39, 0.29) is 5.56 Å². The van der Waals surface area contributed by atoms with Gasteiger partial charge < -0.3 is 15.0 Å². The van der Waals surface area contributed by atoms with E-state index in [2.05, 4.69) is 20.3 Å². The van der Waals surface area contributed by atoms with Gasteiger partial charge in [-0.15, -0.1) is 0 Å². The Balaban J connectivity index is 1.71. The molecule has 1 fully saturated rings. The predicted octanol–water partition coefficient (Wildman–Crippen LogP) is 2.76. The first kappa shape index (κ1) is 16.6. The highest BCUT2D eigenvalue weighted by Crippen LogP contribution is 2.24. The lowest BCUT2D eigenvalue weighted by molar-refractivity contribution is 0.0669. The number of aryl methyl sites for hydroxylation is 1. The molecule has 0 spiro atoms. The second-order valence-corrected chi connectivity index (χ2v) is 6.24. The molecule has 0 bridgehead atoms. The maximum Gasteiger partial charge on any atom is 0.251 e. The quantitative estimate of drug-likeness (QED) is 0.882. The Bertz CT molecular complexity index is 727. The van der Waals surface area contributed by atoms with Crippen molar-refractivity contribution in [1.82, 2.24) is 15.0 Å². The molecular weight excluding hydrogens is 304 g/mol. The number of anilines is 1. The minimum absolute atomic E-state index is 0.133. The molecule has 0 aromatic carbocycles. The lowest BCUT2D eigenvalue weighted by Gasteiger charge is -2.29. The van der Waals surface area contributed by atoms with Gasteiger partial charge in [-0.05, 0) is 44.2 Å². The number of pyridine rings is 1. The highest BCUT2D eigenvalue weighted by Gasteiger charge is 2.21. The third kappa shape index (κ3) is 4.00. The molecule has 128 valence electrons. The number of H-pyrrole nitrogens is 1. The van der Waals surface area contributed by atoms with Crippen LogP contribution in [0.5, 0.6) is 0 Å². The maximum atomic E-state index is 11.7. The second kappa shape index (κ2) is 7.57. The van der Waals surface area contributed by atoms with Crippen molar-refractivity contribution in [2.75, 3.05) is 12.4 Å². The number of aromatic nitrogens is 3. The fraction of sp³-hybridized carbons (Fsp3) is 0.500. The molecule has 1 aliphatic carbocycles. The molecule has 24 heavy (non-hydrogen) atoms. The standard InChI is InChI=1S/C18H24N4O2/c1-3-13-10-17(23)22-18(21-13)12-7-8-16(19-11-12)20-14-5-4-6-15(9-14)24-2/h7-8,10-11,14-15H,3-6,9H2,1-2H3,(H,19,20)(H,21,22,23). The first-order valence-corrected chi connectivity index (χ1v) is 8.54. The third-order valence-electron chi connectivity index (χ3n) is 4.51. The van der Waals surface area contributed by atoms with Gasteiger partial charge in [-0.1, -0.05) is 6.92 Å². The van der Waals surface area contributed by atoms with E-state index in [4.69, 9.17) is 4.74 Å². The van der Waals surface area contributed by atoms with Gasteiger partial charge >= 0.3 is 0 Å². The molecule has 2 N–H and O–H groups in total. The van der Waals surface area contributed by atoms with Crippen LogP contribution >= 0.6 is 0 Å². The van der Waals surface area contributed by atoms with Crippen molar-refractivity contribution in [3.8, 4) is 11.4 Å². The summed E-state index contributed by atoms with van der Waals surface area (Å²) >= 11 is 0. The summed E-state index contributed by atoms with van der Waals surface area (Å²) in [5.74, 6) is 1.41. The van der Waals surface area contributed by atoms with Gasteiger partial charge in [-0.3, -0.25) is 4.79 Å². The summed E-state index contributed by atoms with van der Waals surface area (Å²) in [5, 5.41) is 3.47. The summed E-state index contributed by atoms with van der Waals surface area (Å²) in [6.45, 7) is 1.98. The van der Waals surface area contributed by atoms with Gasteiger partial charge in [-0.2, -0.15) is 0 Å². The molecule has 1 aliphatic rings. The Hall–Kier alpha value is -2.21. The van der Waals surface area contributed by atoms with Gasteiger partial charge in [0.2, 0.25) is 0 Å². The minimum atomic E-state index is -0.133. The van der Waals surface area contributed by atoms with Crippen molar-refractivity contribution in [1.29, 1.82) is 0 Å². The molecule has 2 aromatic heterocycles. The molecule has 0 radical (unpaired) electrons. The monoisotopic (exact) mass is 328 g/mol. The number of ether oxygens (including phenoxy) is 1.